The number of pyridine rings is 2. The second kappa shape index (κ2) is 5.88. The number of aryl methyl sites for hydroxylation is 1. The first-order chi connectivity index (χ1) is 10.3. The Hall–Kier alpha value is -2.47. The molecule has 3 heterocycles. The second-order valence-corrected chi connectivity index (χ2v) is 5.44. The molecule has 3 N–H and O–H groups in total. The highest BCUT2D eigenvalue weighted by molar-refractivity contribution is 7.11. The van der Waals surface area contributed by atoms with E-state index in [2.05, 4.69) is 26.6 Å². The van der Waals surface area contributed by atoms with Crippen molar-refractivity contribution in [2.75, 3.05) is 11.1 Å². The van der Waals surface area contributed by atoms with Gasteiger partial charge in [-0.25, -0.2) is 0 Å². The Kier molecular flexibility index (Phi) is 3.79. The summed E-state index contributed by atoms with van der Waals surface area (Å²) in [5.74, 6) is 0.542. The van der Waals surface area contributed by atoms with Crippen molar-refractivity contribution in [2.45, 2.75) is 13.5 Å². The van der Waals surface area contributed by atoms with Gasteiger partial charge in [0.05, 0.1) is 5.56 Å². The number of anilines is 2. The van der Waals surface area contributed by atoms with Crippen LogP contribution < -0.4 is 11.1 Å². The summed E-state index contributed by atoms with van der Waals surface area (Å²) in [6, 6.07) is 5.88. The molecule has 0 radical (unpaired) electrons. The lowest BCUT2D eigenvalue weighted by Crippen LogP contribution is -2.01. The number of rotatable bonds is 4. The number of nitrogens with one attached hydrogen (secondary N) is 1. The highest BCUT2D eigenvalue weighted by atomic mass is 32.1. The molecular formula is C15H15N5S. The molecule has 106 valence electrons. The largest absolute Gasteiger partial charge is 0.382 e. The first kappa shape index (κ1) is 13.5. The van der Waals surface area contributed by atoms with Crippen LogP contribution in [-0.2, 0) is 6.54 Å². The van der Waals surface area contributed by atoms with E-state index in [4.69, 9.17) is 5.73 Å². The van der Waals surface area contributed by atoms with E-state index in [0.29, 0.717) is 12.4 Å². The van der Waals surface area contributed by atoms with Crippen LogP contribution in [0.3, 0.4) is 0 Å². The van der Waals surface area contributed by atoms with Crippen molar-refractivity contribution in [1.29, 1.82) is 0 Å². The van der Waals surface area contributed by atoms with Crippen LogP contribution in [-0.4, -0.2) is 14.3 Å². The summed E-state index contributed by atoms with van der Waals surface area (Å²) in [5, 5.41) is 4.39. The van der Waals surface area contributed by atoms with Gasteiger partial charge in [0.2, 0.25) is 0 Å². The summed E-state index contributed by atoms with van der Waals surface area (Å²) in [4.78, 5) is 8.14. The summed E-state index contributed by atoms with van der Waals surface area (Å²) in [6.07, 6.45) is 7.17. The molecule has 0 aliphatic rings. The predicted molar refractivity (Wildman–Crippen MR) is 86.1 cm³/mol. The monoisotopic (exact) mass is 297 g/mol. The maximum atomic E-state index is 6.00. The van der Waals surface area contributed by atoms with Gasteiger partial charge in [-0.1, -0.05) is 0 Å². The zero-order valence-electron chi connectivity index (χ0n) is 11.6. The van der Waals surface area contributed by atoms with Crippen LogP contribution >= 0.6 is 11.5 Å². The van der Waals surface area contributed by atoms with Gasteiger partial charge < -0.3 is 11.1 Å². The van der Waals surface area contributed by atoms with E-state index < -0.39 is 0 Å². The lowest BCUT2D eigenvalue weighted by molar-refractivity contribution is 1.10. The first-order valence-corrected chi connectivity index (χ1v) is 7.32. The van der Waals surface area contributed by atoms with E-state index in [1.807, 2.05) is 24.4 Å². The normalized spacial score (nSPS) is 10.5. The van der Waals surface area contributed by atoms with E-state index in [-0.39, 0.29) is 0 Å². The predicted octanol–water partition coefficient (Wildman–Crippen LogP) is 3.10. The number of hydrogen-bond donors (Lipinski definition) is 2. The molecule has 3 rings (SSSR count). The van der Waals surface area contributed by atoms with Crippen molar-refractivity contribution in [2.24, 2.45) is 0 Å². The summed E-state index contributed by atoms with van der Waals surface area (Å²) >= 11 is 1.37. The molecule has 0 unspecified atom stereocenters. The van der Waals surface area contributed by atoms with E-state index in [0.717, 1.165) is 21.7 Å². The third-order valence-corrected chi connectivity index (χ3v) is 4.08. The lowest BCUT2D eigenvalue weighted by Gasteiger charge is -2.09. The number of aromatic nitrogens is 3. The Morgan fingerprint density at radius 3 is 2.67 bits per heavy atom. The van der Waals surface area contributed by atoms with E-state index in [1.54, 1.807) is 18.6 Å². The quantitative estimate of drug-likeness (QED) is 0.774. The summed E-state index contributed by atoms with van der Waals surface area (Å²) in [6.45, 7) is 2.77. The molecule has 0 aliphatic heterocycles. The molecule has 5 nitrogen and oxygen atoms in total. The molecule has 6 heteroatoms. The maximum Gasteiger partial charge on any atom is 0.147 e. The van der Waals surface area contributed by atoms with E-state index >= 15 is 0 Å². The number of nitrogens with zero attached hydrogens (tertiary/aromatic N) is 3. The molecule has 3 aromatic heterocycles. The lowest BCUT2D eigenvalue weighted by atomic mass is 10.1. The van der Waals surface area contributed by atoms with Crippen LogP contribution in [0, 0.1) is 6.92 Å². The molecule has 0 atom stereocenters. The van der Waals surface area contributed by atoms with Gasteiger partial charge in [0.15, 0.2) is 0 Å². The fraction of sp³-hybridized carbons (Fsp3) is 0.133. The summed E-state index contributed by atoms with van der Waals surface area (Å²) in [5.41, 5.74) is 10.3. The van der Waals surface area contributed by atoms with Gasteiger partial charge in [-0.05, 0) is 53.3 Å². The molecule has 0 aliphatic carbocycles. The Labute approximate surface area is 127 Å². The fourth-order valence-electron chi connectivity index (χ4n) is 2.10. The summed E-state index contributed by atoms with van der Waals surface area (Å²) in [7, 11) is 0. The zero-order valence-corrected chi connectivity index (χ0v) is 12.4. The standard InChI is InChI=1S/C15H15N5S/c1-10-8-18-7-4-12(10)9-19-15-13(14(16)20-21-15)11-2-5-17-6-3-11/h2-8,19H,9H2,1H3,(H2,16,20). The Morgan fingerprint density at radius 1 is 1.14 bits per heavy atom. The average Bonchev–Trinajstić information content (AvgIpc) is 2.88. The van der Waals surface area contributed by atoms with Crippen molar-refractivity contribution < 1.29 is 0 Å². The third-order valence-electron chi connectivity index (χ3n) is 3.26. The number of nitrogen functional groups attached to an aromatic ring is 1. The van der Waals surface area contributed by atoms with Crippen molar-refractivity contribution in [1.82, 2.24) is 14.3 Å². The zero-order chi connectivity index (χ0) is 14.7. The molecule has 0 aromatic carbocycles. The van der Waals surface area contributed by atoms with Crippen LogP contribution in [0.5, 0.6) is 0 Å². The van der Waals surface area contributed by atoms with Crippen LogP contribution in [0.25, 0.3) is 11.1 Å². The van der Waals surface area contributed by atoms with Crippen LogP contribution in [0.2, 0.25) is 0 Å². The molecule has 3 aromatic rings. The van der Waals surface area contributed by atoms with Gasteiger partial charge in [-0.3, -0.25) is 9.97 Å². The smallest absolute Gasteiger partial charge is 0.147 e. The van der Waals surface area contributed by atoms with Gasteiger partial charge >= 0.3 is 0 Å². The van der Waals surface area contributed by atoms with Crippen molar-refractivity contribution >= 4 is 22.4 Å². The van der Waals surface area contributed by atoms with Gasteiger partial charge in [-0.15, -0.1) is 0 Å². The Bertz CT molecular complexity index is 739. The number of nitrogens with two attached hydrogens (primary N) is 1. The first-order valence-electron chi connectivity index (χ1n) is 6.54. The molecule has 0 saturated heterocycles. The van der Waals surface area contributed by atoms with E-state index in [1.165, 1.54) is 17.1 Å². The topological polar surface area (TPSA) is 76.7 Å². The maximum absolute atomic E-state index is 6.00. The highest BCUT2D eigenvalue weighted by Gasteiger charge is 2.13. The van der Waals surface area contributed by atoms with Crippen molar-refractivity contribution in [3.63, 3.8) is 0 Å². The van der Waals surface area contributed by atoms with Gasteiger partial charge in [-0.2, -0.15) is 4.37 Å². The molecular weight excluding hydrogens is 282 g/mol. The van der Waals surface area contributed by atoms with E-state index in [9.17, 15) is 0 Å². The Morgan fingerprint density at radius 2 is 1.90 bits per heavy atom. The molecule has 0 spiro atoms. The van der Waals surface area contributed by atoms with Crippen molar-refractivity contribution in [3.05, 3.63) is 54.1 Å². The highest BCUT2D eigenvalue weighted by Crippen LogP contribution is 2.36. The minimum absolute atomic E-state index is 0.542. The molecule has 0 saturated carbocycles. The van der Waals surface area contributed by atoms with Crippen molar-refractivity contribution in [3.8, 4) is 11.1 Å². The third kappa shape index (κ3) is 2.85. The summed E-state index contributed by atoms with van der Waals surface area (Å²) < 4.78 is 4.25. The second-order valence-electron chi connectivity index (χ2n) is 4.66. The van der Waals surface area contributed by atoms with Crippen LogP contribution in [0.15, 0.2) is 43.0 Å². The minimum Gasteiger partial charge on any atom is -0.382 e. The Balaban J connectivity index is 1.86. The molecule has 0 bridgehead atoms. The molecule has 21 heavy (non-hydrogen) atoms. The molecule has 0 amide bonds. The molecule has 0 fully saturated rings. The van der Waals surface area contributed by atoms with Crippen LogP contribution in [0.1, 0.15) is 11.1 Å². The van der Waals surface area contributed by atoms with Gasteiger partial charge in [0, 0.05) is 31.3 Å². The van der Waals surface area contributed by atoms with Gasteiger partial charge in [0.25, 0.3) is 0 Å². The van der Waals surface area contributed by atoms with Crippen LogP contribution in [0.4, 0.5) is 10.8 Å². The minimum atomic E-state index is 0.542. The fourth-order valence-corrected chi connectivity index (χ4v) is 2.83. The number of hydrogen-bond acceptors (Lipinski definition) is 6. The van der Waals surface area contributed by atoms with Gasteiger partial charge in [0.1, 0.15) is 10.8 Å². The average molecular weight is 297 g/mol. The SMILES string of the molecule is Cc1cnccc1CNc1snc(N)c1-c1ccncc1.